The number of halogens is 1. The Balaban J connectivity index is 1.56. The molecule has 0 fully saturated rings. The number of hydrogen-bond donors (Lipinski definition) is 0. The summed E-state index contributed by atoms with van der Waals surface area (Å²) in [4.78, 5) is 11.9. The van der Waals surface area contributed by atoms with Crippen molar-refractivity contribution < 1.29 is 4.74 Å². The minimum Gasteiger partial charge on any atom is -0.496 e. The maximum atomic E-state index is 5.49. The number of fused-ring (bicyclic) bond motifs is 1. The summed E-state index contributed by atoms with van der Waals surface area (Å²) in [5, 5.41) is 0. The van der Waals surface area contributed by atoms with Crippen molar-refractivity contribution >= 4 is 15.9 Å². The van der Waals surface area contributed by atoms with Crippen molar-refractivity contribution in [3.05, 3.63) is 76.0 Å². The van der Waals surface area contributed by atoms with Gasteiger partial charge in [0.1, 0.15) is 5.75 Å². The average Bonchev–Trinajstić information content (AvgIpc) is 2.68. The number of aromatic nitrogens is 2. The highest BCUT2D eigenvalue weighted by Crippen LogP contribution is 2.31. The van der Waals surface area contributed by atoms with E-state index in [4.69, 9.17) is 9.72 Å². The molecule has 0 amide bonds. The molecule has 5 heteroatoms. The van der Waals surface area contributed by atoms with Crippen molar-refractivity contribution in [3.63, 3.8) is 0 Å². The van der Waals surface area contributed by atoms with Crippen LogP contribution >= 0.6 is 15.9 Å². The zero-order valence-electron chi connectivity index (χ0n) is 14.7. The molecule has 0 saturated heterocycles. The lowest BCUT2D eigenvalue weighted by atomic mass is 10.1. The fourth-order valence-corrected chi connectivity index (χ4v) is 3.67. The Hall–Kier alpha value is -2.24. The first-order valence-corrected chi connectivity index (χ1v) is 9.47. The second kappa shape index (κ2) is 7.56. The van der Waals surface area contributed by atoms with E-state index in [0.717, 1.165) is 53.4 Å². The summed E-state index contributed by atoms with van der Waals surface area (Å²) in [6.45, 7) is 2.86. The van der Waals surface area contributed by atoms with Gasteiger partial charge in [-0.15, -0.1) is 0 Å². The second-order valence-corrected chi connectivity index (χ2v) is 7.37. The Bertz CT molecular complexity index is 914. The van der Waals surface area contributed by atoms with Crippen LogP contribution in [0.1, 0.15) is 16.8 Å². The largest absolute Gasteiger partial charge is 0.496 e. The van der Waals surface area contributed by atoms with Gasteiger partial charge in [-0.25, -0.2) is 9.97 Å². The van der Waals surface area contributed by atoms with Gasteiger partial charge in [0.25, 0.3) is 0 Å². The number of benzene rings is 2. The molecule has 0 aliphatic carbocycles. The molecule has 0 radical (unpaired) electrons. The minimum absolute atomic E-state index is 0.726. The van der Waals surface area contributed by atoms with Gasteiger partial charge in [-0.05, 0) is 23.8 Å². The van der Waals surface area contributed by atoms with Crippen LogP contribution < -0.4 is 4.74 Å². The van der Waals surface area contributed by atoms with Gasteiger partial charge in [0.2, 0.25) is 0 Å². The molecule has 1 aliphatic heterocycles. The molecule has 2 aromatic carbocycles. The summed E-state index contributed by atoms with van der Waals surface area (Å²) >= 11 is 3.48. The lowest BCUT2D eigenvalue weighted by Crippen LogP contribution is -2.30. The SMILES string of the molecule is COc1cc(Br)ccc1-c1ncc2c(n1)CCN(Cc1ccccc1)C2. The molecular formula is C21H20BrN3O. The summed E-state index contributed by atoms with van der Waals surface area (Å²) in [5.41, 5.74) is 4.62. The first-order valence-electron chi connectivity index (χ1n) is 8.68. The van der Waals surface area contributed by atoms with Crippen LogP contribution in [0.3, 0.4) is 0 Å². The van der Waals surface area contributed by atoms with Gasteiger partial charge >= 0.3 is 0 Å². The highest BCUT2D eigenvalue weighted by molar-refractivity contribution is 9.10. The molecule has 0 N–H and O–H groups in total. The maximum Gasteiger partial charge on any atom is 0.163 e. The van der Waals surface area contributed by atoms with Crippen LogP contribution in [0.4, 0.5) is 0 Å². The Morgan fingerprint density at radius 2 is 2.00 bits per heavy atom. The summed E-state index contributed by atoms with van der Waals surface area (Å²) < 4.78 is 6.47. The predicted octanol–water partition coefficient (Wildman–Crippen LogP) is 4.47. The van der Waals surface area contributed by atoms with E-state index in [9.17, 15) is 0 Å². The Morgan fingerprint density at radius 1 is 1.15 bits per heavy atom. The molecule has 0 spiro atoms. The number of hydrogen-bond acceptors (Lipinski definition) is 4. The van der Waals surface area contributed by atoms with E-state index in [1.807, 2.05) is 24.4 Å². The first kappa shape index (κ1) is 17.2. The van der Waals surface area contributed by atoms with E-state index in [1.165, 1.54) is 11.1 Å². The van der Waals surface area contributed by atoms with Crippen molar-refractivity contribution in [2.24, 2.45) is 0 Å². The normalized spacial score (nSPS) is 14.1. The predicted molar refractivity (Wildman–Crippen MR) is 106 cm³/mol. The number of rotatable bonds is 4. The van der Waals surface area contributed by atoms with Gasteiger partial charge in [-0.1, -0.05) is 46.3 Å². The van der Waals surface area contributed by atoms with E-state index < -0.39 is 0 Å². The van der Waals surface area contributed by atoms with E-state index in [1.54, 1.807) is 7.11 Å². The fraction of sp³-hybridized carbons (Fsp3) is 0.238. The Labute approximate surface area is 162 Å². The molecule has 0 atom stereocenters. The highest BCUT2D eigenvalue weighted by atomic mass is 79.9. The average molecular weight is 410 g/mol. The van der Waals surface area contributed by atoms with Crippen molar-refractivity contribution in [1.29, 1.82) is 0 Å². The lowest BCUT2D eigenvalue weighted by molar-refractivity contribution is 0.243. The third-order valence-corrected chi connectivity index (χ3v) is 5.16. The molecule has 0 bridgehead atoms. The molecule has 1 aromatic heterocycles. The van der Waals surface area contributed by atoms with Crippen LogP contribution in [0.2, 0.25) is 0 Å². The van der Waals surface area contributed by atoms with Crippen LogP contribution in [0.15, 0.2) is 59.2 Å². The standard InChI is InChI=1S/C21H20BrN3O/c1-26-20-11-17(22)7-8-18(20)21-23-12-16-14-25(10-9-19(16)24-21)13-15-5-3-2-4-6-15/h2-8,11-12H,9-10,13-14H2,1H3. The first-order chi connectivity index (χ1) is 12.7. The molecule has 0 unspecified atom stereocenters. The van der Waals surface area contributed by atoms with E-state index in [0.29, 0.717) is 0 Å². The van der Waals surface area contributed by atoms with Gasteiger partial charge in [-0.3, -0.25) is 4.90 Å². The molecule has 132 valence electrons. The van der Waals surface area contributed by atoms with Crippen LogP contribution in [-0.2, 0) is 19.5 Å². The van der Waals surface area contributed by atoms with Crippen LogP contribution in [0.5, 0.6) is 5.75 Å². The maximum absolute atomic E-state index is 5.49. The van der Waals surface area contributed by atoms with Gasteiger partial charge in [-0.2, -0.15) is 0 Å². The number of ether oxygens (including phenoxy) is 1. The molecule has 2 heterocycles. The van der Waals surface area contributed by atoms with Crippen molar-refractivity contribution in [3.8, 4) is 17.1 Å². The topological polar surface area (TPSA) is 38.3 Å². The van der Waals surface area contributed by atoms with E-state index in [-0.39, 0.29) is 0 Å². The minimum atomic E-state index is 0.726. The lowest BCUT2D eigenvalue weighted by Gasteiger charge is -2.28. The van der Waals surface area contributed by atoms with Gasteiger partial charge in [0.05, 0.1) is 18.4 Å². The third kappa shape index (κ3) is 3.64. The molecule has 3 aromatic rings. The highest BCUT2D eigenvalue weighted by Gasteiger charge is 2.20. The smallest absolute Gasteiger partial charge is 0.163 e. The van der Waals surface area contributed by atoms with Gasteiger partial charge in [0.15, 0.2) is 5.82 Å². The number of nitrogens with zero attached hydrogens (tertiary/aromatic N) is 3. The summed E-state index contributed by atoms with van der Waals surface area (Å²) in [6, 6.07) is 16.5. The molecule has 1 aliphatic rings. The van der Waals surface area contributed by atoms with Crippen LogP contribution in [-0.4, -0.2) is 28.5 Å². The van der Waals surface area contributed by atoms with Crippen LogP contribution in [0, 0.1) is 0 Å². The Morgan fingerprint density at radius 3 is 2.81 bits per heavy atom. The molecule has 26 heavy (non-hydrogen) atoms. The van der Waals surface area contributed by atoms with Gasteiger partial charge < -0.3 is 4.74 Å². The summed E-state index contributed by atoms with van der Waals surface area (Å²) in [6.07, 6.45) is 2.91. The van der Waals surface area contributed by atoms with Crippen molar-refractivity contribution in [1.82, 2.24) is 14.9 Å². The second-order valence-electron chi connectivity index (χ2n) is 6.46. The number of methoxy groups -OCH3 is 1. The molecule has 0 saturated carbocycles. The van der Waals surface area contributed by atoms with E-state index >= 15 is 0 Å². The zero-order valence-corrected chi connectivity index (χ0v) is 16.2. The van der Waals surface area contributed by atoms with Crippen molar-refractivity contribution in [2.75, 3.05) is 13.7 Å². The molecular weight excluding hydrogens is 390 g/mol. The van der Waals surface area contributed by atoms with Crippen LogP contribution in [0.25, 0.3) is 11.4 Å². The zero-order chi connectivity index (χ0) is 17.9. The quantitative estimate of drug-likeness (QED) is 0.636. The molecule has 4 nitrogen and oxygen atoms in total. The third-order valence-electron chi connectivity index (χ3n) is 4.67. The monoisotopic (exact) mass is 409 g/mol. The summed E-state index contributed by atoms with van der Waals surface area (Å²) in [7, 11) is 1.67. The molecule has 4 rings (SSSR count). The fourth-order valence-electron chi connectivity index (χ4n) is 3.33. The van der Waals surface area contributed by atoms with Crippen molar-refractivity contribution in [2.45, 2.75) is 19.5 Å². The Kier molecular flexibility index (Phi) is 5.00. The van der Waals surface area contributed by atoms with E-state index in [2.05, 4.69) is 56.1 Å². The van der Waals surface area contributed by atoms with Gasteiger partial charge in [0, 0.05) is 42.3 Å². The summed E-state index contributed by atoms with van der Waals surface area (Å²) in [5.74, 6) is 1.51.